The van der Waals surface area contributed by atoms with Crippen molar-refractivity contribution >= 4 is 23.2 Å². The normalized spacial score (nSPS) is 11.7. The summed E-state index contributed by atoms with van der Waals surface area (Å²) < 4.78 is 1.37. The van der Waals surface area contributed by atoms with E-state index in [-0.39, 0.29) is 5.56 Å². The minimum absolute atomic E-state index is 0.142. The maximum absolute atomic E-state index is 12.6. The summed E-state index contributed by atoms with van der Waals surface area (Å²) in [4.78, 5) is 17.1. The van der Waals surface area contributed by atoms with Crippen LogP contribution in [0.5, 0.6) is 0 Å². The predicted molar refractivity (Wildman–Crippen MR) is 94.7 cm³/mol. The second kappa shape index (κ2) is 6.83. The van der Waals surface area contributed by atoms with Crippen molar-refractivity contribution in [3.05, 3.63) is 82.4 Å². The number of aryl methyl sites for hydroxylation is 1. The van der Waals surface area contributed by atoms with Gasteiger partial charge in [0, 0.05) is 12.6 Å². The van der Waals surface area contributed by atoms with Crippen LogP contribution in [0.1, 0.15) is 18.3 Å². The molecule has 1 heterocycles. The Bertz CT molecular complexity index is 924. The third-order valence-electron chi connectivity index (χ3n) is 3.49. The van der Waals surface area contributed by atoms with Gasteiger partial charge in [-0.2, -0.15) is 9.78 Å². The first-order valence-corrected chi connectivity index (χ1v) is 7.56. The third kappa shape index (κ3) is 3.26. The lowest BCUT2D eigenvalue weighted by Gasteiger charge is -2.06. The van der Waals surface area contributed by atoms with Crippen molar-refractivity contribution < 1.29 is 0 Å². The highest BCUT2D eigenvalue weighted by molar-refractivity contribution is 5.79. The molecule has 4 heteroatoms. The molecule has 1 aromatic heterocycles. The highest BCUT2D eigenvalue weighted by atomic mass is 16.1. The molecule has 0 unspecified atom stereocenters. The van der Waals surface area contributed by atoms with Crippen molar-refractivity contribution in [1.82, 2.24) is 9.66 Å². The van der Waals surface area contributed by atoms with E-state index in [0.717, 1.165) is 5.56 Å². The van der Waals surface area contributed by atoms with Gasteiger partial charge in [0.05, 0.1) is 10.9 Å². The number of nitrogens with zero attached hydrogens (tertiary/aromatic N) is 3. The predicted octanol–water partition coefficient (Wildman–Crippen LogP) is 3.51. The van der Waals surface area contributed by atoms with Gasteiger partial charge in [-0.05, 0) is 23.8 Å². The molecule has 0 atom stereocenters. The van der Waals surface area contributed by atoms with E-state index < -0.39 is 0 Å². The van der Waals surface area contributed by atoms with Crippen molar-refractivity contribution in [1.29, 1.82) is 0 Å². The Morgan fingerprint density at radius 3 is 2.61 bits per heavy atom. The van der Waals surface area contributed by atoms with Gasteiger partial charge in [-0.3, -0.25) is 4.79 Å². The molecule has 0 saturated heterocycles. The molecule has 4 nitrogen and oxygen atoms in total. The van der Waals surface area contributed by atoms with Gasteiger partial charge in [-0.15, -0.1) is 0 Å². The molecule has 0 aliphatic carbocycles. The number of fused-ring (bicyclic) bond motifs is 1. The molecular weight excluding hydrogens is 286 g/mol. The number of hydrogen-bond acceptors (Lipinski definition) is 3. The molecule has 0 fully saturated rings. The van der Waals surface area contributed by atoms with Gasteiger partial charge in [-0.25, -0.2) is 4.98 Å². The second-order valence-electron chi connectivity index (χ2n) is 5.05. The molecule has 0 saturated carbocycles. The molecule has 0 bridgehead atoms. The Morgan fingerprint density at radius 2 is 1.83 bits per heavy atom. The monoisotopic (exact) mass is 303 g/mol. The average molecular weight is 303 g/mol. The molecule has 114 valence electrons. The molecule has 0 spiro atoms. The Labute approximate surface area is 134 Å². The molecule has 2 aromatic carbocycles. The number of allylic oxidation sites excluding steroid dienone is 1. The van der Waals surface area contributed by atoms with Gasteiger partial charge < -0.3 is 0 Å². The Morgan fingerprint density at radius 1 is 1.09 bits per heavy atom. The molecule has 3 rings (SSSR count). The van der Waals surface area contributed by atoms with E-state index in [4.69, 9.17) is 0 Å². The van der Waals surface area contributed by atoms with Crippen LogP contribution in [-0.4, -0.2) is 15.9 Å². The number of hydrogen-bond donors (Lipinski definition) is 0. The molecule has 23 heavy (non-hydrogen) atoms. The highest BCUT2D eigenvalue weighted by Gasteiger charge is 2.07. The zero-order valence-corrected chi connectivity index (χ0v) is 12.9. The summed E-state index contributed by atoms with van der Waals surface area (Å²) in [6.07, 6.45) is 6.01. The van der Waals surface area contributed by atoms with Gasteiger partial charge in [0.1, 0.15) is 5.82 Å². The van der Waals surface area contributed by atoms with Gasteiger partial charge in [0.15, 0.2) is 0 Å². The summed E-state index contributed by atoms with van der Waals surface area (Å²) in [5.74, 6) is 0.651. The third-order valence-corrected chi connectivity index (χ3v) is 3.49. The van der Waals surface area contributed by atoms with Gasteiger partial charge in [0.2, 0.25) is 0 Å². The summed E-state index contributed by atoms with van der Waals surface area (Å²) in [7, 11) is 0. The van der Waals surface area contributed by atoms with Crippen LogP contribution >= 0.6 is 0 Å². The Balaban J connectivity index is 1.96. The first-order chi connectivity index (χ1) is 11.3. The number of aromatic nitrogens is 2. The van der Waals surface area contributed by atoms with Gasteiger partial charge >= 0.3 is 0 Å². The molecule has 0 N–H and O–H groups in total. The Hall–Kier alpha value is -3.01. The van der Waals surface area contributed by atoms with Crippen LogP contribution in [-0.2, 0) is 6.42 Å². The van der Waals surface area contributed by atoms with E-state index in [1.165, 1.54) is 4.68 Å². The second-order valence-corrected chi connectivity index (χ2v) is 5.05. The molecule has 0 aliphatic rings. The van der Waals surface area contributed by atoms with E-state index >= 15 is 0 Å². The lowest BCUT2D eigenvalue weighted by molar-refractivity contribution is 0.735. The zero-order valence-electron chi connectivity index (χ0n) is 12.9. The number of benzene rings is 2. The fourth-order valence-corrected chi connectivity index (χ4v) is 2.34. The van der Waals surface area contributed by atoms with Crippen LogP contribution in [0.3, 0.4) is 0 Å². The van der Waals surface area contributed by atoms with Crippen LogP contribution in [0.2, 0.25) is 0 Å². The highest BCUT2D eigenvalue weighted by Crippen LogP contribution is 2.08. The van der Waals surface area contributed by atoms with Crippen LogP contribution in [0.25, 0.3) is 17.0 Å². The van der Waals surface area contributed by atoms with Crippen LogP contribution in [0.4, 0.5) is 0 Å². The zero-order chi connectivity index (χ0) is 16.1. The van der Waals surface area contributed by atoms with Crippen molar-refractivity contribution in [2.75, 3.05) is 0 Å². The first kappa shape index (κ1) is 14.9. The lowest BCUT2D eigenvalue weighted by Crippen LogP contribution is -2.21. The fraction of sp³-hybridized carbons (Fsp3) is 0.105. The van der Waals surface area contributed by atoms with E-state index in [1.54, 1.807) is 12.3 Å². The van der Waals surface area contributed by atoms with Crippen LogP contribution in [0.15, 0.2) is 70.6 Å². The van der Waals surface area contributed by atoms with E-state index in [0.29, 0.717) is 23.1 Å². The van der Waals surface area contributed by atoms with E-state index in [2.05, 4.69) is 10.1 Å². The molecule has 3 aromatic rings. The van der Waals surface area contributed by atoms with Crippen LogP contribution < -0.4 is 5.56 Å². The maximum Gasteiger partial charge on any atom is 0.282 e. The number of rotatable bonds is 4. The van der Waals surface area contributed by atoms with E-state index in [1.807, 2.05) is 67.6 Å². The van der Waals surface area contributed by atoms with Gasteiger partial charge in [-0.1, -0.05) is 55.5 Å². The van der Waals surface area contributed by atoms with Gasteiger partial charge in [0.25, 0.3) is 5.56 Å². The topological polar surface area (TPSA) is 47.2 Å². The molecular formula is C19H17N3O. The van der Waals surface area contributed by atoms with E-state index in [9.17, 15) is 4.79 Å². The standard InChI is InChI=1S/C19H17N3O/c1-2-18-21-17-13-7-6-12-16(17)19(23)22(18)20-14-8-11-15-9-4-3-5-10-15/h3-14H,2H2,1H3/b11-8+,20-14+. The molecule has 0 aliphatic heterocycles. The largest absolute Gasteiger partial charge is 0.282 e. The first-order valence-electron chi connectivity index (χ1n) is 7.56. The fourth-order valence-electron chi connectivity index (χ4n) is 2.34. The van der Waals surface area contributed by atoms with Crippen molar-refractivity contribution in [3.63, 3.8) is 0 Å². The lowest BCUT2D eigenvalue weighted by atomic mass is 10.2. The quantitative estimate of drug-likeness (QED) is 0.692. The number of para-hydroxylation sites is 1. The van der Waals surface area contributed by atoms with Crippen LogP contribution in [0, 0.1) is 0 Å². The summed E-state index contributed by atoms with van der Waals surface area (Å²) in [6, 6.07) is 17.3. The van der Waals surface area contributed by atoms with Crippen molar-refractivity contribution in [2.45, 2.75) is 13.3 Å². The smallest absolute Gasteiger partial charge is 0.267 e. The average Bonchev–Trinajstić information content (AvgIpc) is 2.61. The summed E-state index contributed by atoms with van der Waals surface area (Å²) >= 11 is 0. The minimum Gasteiger partial charge on any atom is -0.267 e. The van der Waals surface area contributed by atoms with Crippen molar-refractivity contribution in [3.8, 4) is 0 Å². The molecule has 0 amide bonds. The summed E-state index contributed by atoms with van der Waals surface area (Å²) in [6.45, 7) is 1.96. The summed E-state index contributed by atoms with van der Waals surface area (Å²) in [5, 5.41) is 4.85. The Kier molecular flexibility index (Phi) is 4.43. The maximum atomic E-state index is 12.6. The SMILES string of the molecule is CCc1nc2ccccc2c(=O)n1/N=C/C=C/c1ccccc1. The van der Waals surface area contributed by atoms with Crippen molar-refractivity contribution in [2.24, 2.45) is 5.10 Å². The molecule has 0 radical (unpaired) electrons. The summed E-state index contributed by atoms with van der Waals surface area (Å²) in [5.41, 5.74) is 1.65. The minimum atomic E-state index is -0.142.